The fourth-order valence-corrected chi connectivity index (χ4v) is 1.35. The lowest BCUT2D eigenvalue weighted by Gasteiger charge is -2.08. The van der Waals surface area contributed by atoms with E-state index in [0.29, 0.717) is 11.6 Å². The van der Waals surface area contributed by atoms with Crippen LogP contribution in [0.15, 0.2) is 18.3 Å². The maximum absolute atomic E-state index is 8.84. The molecule has 0 spiro atoms. The minimum atomic E-state index is 0.440. The first-order valence-corrected chi connectivity index (χ1v) is 5.90. The SMILES string of the molecule is CC(C)COCCCNc1cccnc1C#N. The molecule has 92 valence electrons. The minimum absolute atomic E-state index is 0.440. The molecule has 1 aromatic rings. The van der Waals surface area contributed by atoms with Gasteiger partial charge in [-0.1, -0.05) is 13.8 Å². The van der Waals surface area contributed by atoms with E-state index >= 15 is 0 Å². The van der Waals surface area contributed by atoms with Crippen molar-refractivity contribution >= 4 is 5.69 Å². The Morgan fingerprint density at radius 1 is 1.53 bits per heavy atom. The Hall–Kier alpha value is -1.60. The predicted octanol–water partition coefficient (Wildman–Crippen LogP) is 2.43. The van der Waals surface area contributed by atoms with Gasteiger partial charge in [-0.05, 0) is 24.5 Å². The van der Waals surface area contributed by atoms with Crippen LogP contribution in [0, 0.1) is 17.2 Å². The normalized spacial score (nSPS) is 10.2. The summed E-state index contributed by atoms with van der Waals surface area (Å²) in [5, 5.41) is 12.0. The fourth-order valence-electron chi connectivity index (χ4n) is 1.35. The van der Waals surface area contributed by atoms with Crippen LogP contribution in [0.25, 0.3) is 0 Å². The largest absolute Gasteiger partial charge is 0.383 e. The first kappa shape index (κ1) is 13.5. The number of nitrogens with one attached hydrogen (secondary N) is 1. The molecule has 0 radical (unpaired) electrons. The molecule has 1 N–H and O–H groups in total. The van der Waals surface area contributed by atoms with Crippen LogP contribution in [0.3, 0.4) is 0 Å². The van der Waals surface area contributed by atoms with Gasteiger partial charge in [0.25, 0.3) is 0 Å². The number of anilines is 1. The van der Waals surface area contributed by atoms with Crippen LogP contribution < -0.4 is 5.32 Å². The molecule has 0 aliphatic heterocycles. The van der Waals surface area contributed by atoms with Crippen molar-refractivity contribution in [1.82, 2.24) is 4.98 Å². The first-order valence-electron chi connectivity index (χ1n) is 5.90. The Balaban J connectivity index is 2.20. The molecule has 0 aliphatic carbocycles. The number of nitriles is 1. The van der Waals surface area contributed by atoms with Crippen molar-refractivity contribution in [2.75, 3.05) is 25.1 Å². The number of nitrogens with zero attached hydrogens (tertiary/aromatic N) is 2. The van der Waals surface area contributed by atoms with Gasteiger partial charge in [0, 0.05) is 26.0 Å². The van der Waals surface area contributed by atoms with E-state index in [4.69, 9.17) is 10.00 Å². The molecule has 0 atom stereocenters. The highest BCUT2D eigenvalue weighted by Crippen LogP contribution is 2.10. The van der Waals surface area contributed by atoms with Crippen LogP contribution in [0.2, 0.25) is 0 Å². The smallest absolute Gasteiger partial charge is 0.163 e. The van der Waals surface area contributed by atoms with Gasteiger partial charge in [0.15, 0.2) is 5.69 Å². The molecule has 0 aromatic carbocycles. The first-order chi connectivity index (χ1) is 8.24. The molecule has 0 amide bonds. The Labute approximate surface area is 103 Å². The fraction of sp³-hybridized carbons (Fsp3) is 0.538. The van der Waals surface area contributed by atoms with E-state index in [0.717, 1.165) is 31.9 Å². The maximum atomic E-state index is 8.84. The Morgan fingerprint density at radius 3 is 3.06 bits per heavy atom. The van der Waals surface area contributed by atoms with Gasteiger partial charge in [-0.25, -0.2) is 4.98 Å². The number of hydrogen-bond acceptors (Lipinski definition) is 4. The molecule has 1 heterocycles. The molecular formula is C13H19N3O. The summed E-state index contributed by atoms with van der Waals surface area (Å²) in [5.41, 5.74) is 1.23. The number of hydrogen-bond donors (Lipinski definition) is 1. The third-order valence-electron chi connectivity index (χ3n) is 2.15. The summed E-state index contributed by atoms with van der Waals surface area (Å²) in [6.07, 6.45) is 2.54. The van der Waals surface area contributed by atoms with E-state index in [1.165, 1.54) is 0 Å². The number of pyridine rings is 1. The van der Waals surface area contributed by atoms with Gasteiger partial charge in [-0.15, -0.1) is 0 Å². The van der Waals surface area contributed by atoms with Crippen molar-refractivity contribution in [2.45, 2.75) is 20.3 Å². The second kappa shape index (κ2) is 7.64. The zero-order chi connectivity index (χ0) is 12.5. The summed E-state index contributed by atoms with van der Waals surface area (Å²) in [6, 6.07) is 5.74. The van der Waals surface area contributed by atoms with E-state index < -0.39 is 0 Å². The average molecular weight is 233 g/mol. The summed E-state index contributed by atoms with van der Waals surface area (Å²) < 4.78 is 5.47. The van der Waals surface area contributed by atoms with E-state index in [1.54, 1.807) is 6.20 Å². The summed E-state index contributed by atoms with van der Waals surface area (Å²) in [5.74, 6) is 0.575. The predicted molar refractivity (Wildman–Crippen MR) is 67.7 cm³/mol. The van der Waals surface area contributed by atoms with E-state index in [2.05, 4.69) is 30.2 Å². The van der Waals surface area contributed by atoms with Crippen LogP contribution in [0.1, 0.15) is 26.0 Å². The summed E-state index contributed by atoms with van der Waals surface area (Å²) >= 11 is 0. The maximum Gasteiger partial charge on any atom is 0.163 e. The second-order valence-electron chi connectivity index (χ2n) is 4.26. The Morgan fingerprint density at radius 2 is 2.35 bits per heavy atom. The molecule has 0 bridgehead atoms. The molecule has 0 aliphatic rings. The lowest BCUT2D eigenvalue weighted by molar-refractivity contribution is 0.110. The highest BCUT2D eigenvalue weighted by Gasteiger charge is 2.00. The minimum Gasteiger partial charge on any atom is -0.383 e. The van der Waals surface area contributed by atoms with Gasteiger partial charge in [0.05, 0.1) is 5.69 Å². The quantitative estimate of drug-likeness (QED) is 0.735. The second-order valence-corrected chi connectivity index (χ2v) is 4.26. The zero-order valence-electron chi connectivity index (χ0n) is 10.4. The van der Waals surface area contributed by atoms with Gasteiger partial charge in [0.1, 0.15) is 6.07 Å². The molecule has 4 heteroatoms. The van der Waals surface area contributed by atoms with Crippen LogP contribution in [0.5, 0.6) is 0 Å². The molecule has 17 heavy (non-hydrogen) atoms. The van der Waals surface area contributed by atoms with Crippen molar-refractivity contribution in [3.05, 3.63) is 24.0 Å². The molecule has 0 saturated carbocycles. The zero-order valence-corrected chi connectivity index (χ0v) is 10.4. The molecule has 4 nitrogen and oxygen atoms in total. The molecule has 0 saturated heterocycles. The van der Waals surface area contributed by atoms with Crippen LogP contribution in [0.4, 0.5) is 5.69 Å². The molecular weight excluding hydrogens is 214 g/mol. The summed E-state index contributed by atoms with van der Waals surface area (Å²) in [7, 11) is 0. The Bertz CT molecular complexity index is 371. The number of ether oxygens (including phenoxy) is 1. The number of aromatic nitrogens is 1. The van der Waals surface area contributed by atoms with Crippen LogP contribution in [-0.2, 0) is 4.74 Å². The highest BCUT2D eigenvalue weighted by atomic mass is 16.5. The van der Waals surface area contributed by atoms with Gasteiger partial charge in [-0.2, -0.15) is 5.26 Å². The standard InChI is InChI=1S/C13H19N3O/c1-11(2)10-17-8-4-7-15-12-5-3-6-16-13(12)9-14/h3,5-6,11,15H,4,7-8,10H2,1-2H3. The van der Waals surface area contributed by atoms with Gasteiger partial charge >= 0.3 is 0 Å². The van der Waals surface area contributed by atoms with Crippen molar-refractivity contribution < 1.29 is 4.74 Å². The van der Waals surface area contributed by atoms with E-state index in [1.807, 2.05) is 12.1 Å². The number of rotatable bonds is 7. The summed E-state index contributed by atoms with van der Waals surface area (Å²) in [6.45, 7) is 6.60. The van der Waals surface area contributed by atoms with Crippen LogP contribution in [-0.4, -0.2) is 24.7 Å². The van der Waals surface area contributed by atoms with Crippen molar-refractivity contribution in [2.24, 2.45) is 5.92 Å². The monoisotopic (exact) mass is 233 g/mol. The Kier molecular flexibility index (Phi) is 6.05. The van der Waals surface area contributed by atoms with Gasteiger partial charge in [0.2, 0.25) is 0 Å². The molecule has 1 rings (SSSR count). The topological polar surface area (TPSA) is 57.9 Å². The summed E-state index contributed by atoms with van der Waals surface area (Å²) in [4.78, 5) is 3.98. The molecule has 0 unspecified atom stereocenters. The van der Waals surface area contributed by atoms with Gasteiger partial charge < -0.3 is 10.1 Å². The van der Waals surface area contributed by atoms with Crippen molar-refractivity contribution in [3.63, 3.8) is 0 Å². The molecule has 1 aromatic heterocycles. The van der Waals surface area contributed by atoms with Crippen LogP contribution >= 0.6 is 0 Å². The van der Waals surface area contributed by atoms with E-state index in [9.17, 15) is 0 Å². The lowest BCUT2D eigenvalue weighted by Crippen LogP contribution is -2.09. The third kappa shape index (κ3) is 5.32. The lowest BCUT2D eigenvalue weighted by atomic mass is 10.2. The van der Waals surface area contributed by atoms with Gasteiger partial charge in [-0.3, -0.25) is 0 Å². The molecule has 0 fully saturated rings. The third-order valence-corrected chi connectivity index (χ3v) is 2.15. The van der Waals surface area contributed by atoms with Crippen molar-refractivity contribution in [1.29, 1.82) is 5.26 Å². The van der Waals surface area contributed by atoms with E-state index in [-0.39, 0.29) is 0 Å². The highest BCUT2D eigenvalue weighted by molar-refractivity contribution is 5.53. The average Bonchev–Trinajstić information content (AvgIpc) is 2.33. The van der Waals surface area contributed by atoms with Crippen molar-refractivity contribution in [3.8, 4) is 6.07 Å².